The molecule has 3 rings (SSSR count). The first kappa shape index (κ1) is 18.7. The molecule has 2 heteroatoms. The zero-order valence-corrected chi connectivity index (χ0v) is 16.2. The molecule has 0 bridgehead atoms. The Hall–Kier alpha value is -2.09. The Morgan fingerprint density at radius 1 is 1.08 bits per heavy atom. The summed E-state index contributed by atoms with van der Waals surface area (Å²) < 4.78 is 0. The molecule has 2 aromatic carbocycles. The second kappa shape index (κ2) is 8.07. The van der Waals surface area contributed by atoms with Gasteiger partial charge in [0.05, 0.1) is 0 Å². The van der Waals surface area contributed by atoms with Crippen LogP contribution in [0.4, 0.5) is 0 Å². The van der Waals surface area contributed by atoms with Crippen LogP contribution in [0, 0.1) is 17.3 Å². The Balaban J connectivity index is 1.88. The number of nitrogens with one attached hydrogen (secondary N) is 1. The minimum Gasteiger partial charge on any atom is -0.349 e. The van der Waals surface area contributed by atoms with Crippen LogP contribution in [0.1, 0.15) is 56.0 Å². The number of rotatable bonds is 5. The van der Waals surface area contributed by atoms with Gasteiger partial charge in [0.25, 0.3) is 5.91 Å². The summed E-state index contributed by atoms with van der Waals surface area (Å²) in [7, 11) is 0. The quantitative estimate of drug-likeness (QED) is 0.760. The van der Waals surface area contributed by atoms with E-state index >= 15 is 0 Å². The first-order valence-corrected chi connectivity index (χ1v) is 9.91. The molecule has 1 aliphatic rings. The van der Waals surface area contributed by atoms with E-state index in [2.05, 4.69) is 56.4 Å². The summed E-state index contributed by atoms with van der Waals surface area (Å²) in [4.78, 5) is 12.9. The maximum absolute atomic E-state index is 12.9. The van der Waals surface area contributed by atoms with Gasteiger partial charge in [-0.1, -0.05) is 75.7 Å². The molecule has 3 atom stereocenters. The predicted molar refractivity (Wildman–Crippen MR) is 108 cm³/mol. The Labute approximate surface area is 158 Å². The number of carbonyl (C=O) groups is 1. The molecular formula is C24H31NO. The monoisotopic (exact) mass is 349 g/mol. The average molecular weight is 350 g/mol. The van der Waals surface area contributed by atoms with E-state index in [0.29, 0.717) is 11.8 Å². The SMILES string of the molecule is CC1CCC(Cc2ccccc2)(C(C)C)C(NC(=O)c2ccccc2)C1. The fourth-order valence-corrected chi connectivity index (χ4v) is 4.56. The van der Waals surface area contributed by atoms with Crippen molar-refractivity contribution in [1.29, 1.82) is 0 Å². The molecular weight excluding hydrogens is 318 g/mol. The Morgan fingerprint density at radius 3 is 2.31 bits per heavy atom. The standard InChI is InChI=1S/C24H31NO/c1-18(2)24(17-20-10-6-4-7-11-20)15-14-19(3)16-22(24)25-23(26)21-12-8-5-9-13-21/h4-13,18-19,22H,14-17H2,1-3H3,(H,25,26). The molecule has 138 valence electrons. The Morgan fingerprint density at radius 2 is 1.69 bits per heavy atom. The van der Waals surface area contributed by atoms with Gasteiger partial charge in [0, 0.05) is 11.6 Å². The largest absolute Gasteiger partial charge is 0.349 e. The number of amides is 1. The van der Waals surface area contributed by atoms with Crippen LogP contribution < -0.4 is 5.32 Å². The molecule has 3 unspecified atom stereocenters. The van der Waals surface area contributed by atoms with Gasteiger partial charge in [-0.05, 0) is 54.2 Å². The molecule has 1 fully saturated rings. The van der Waals surface area contributed by atoms with Crippen molar-refractivity contribution >= 4 is 5.91 Å². The molecule has 0 heterocycles. The number of hydrogen-bond donors (Lipinski definition) is 1. The van der Waals surface area contributed by atoms with Crippen molar-refractivity contribution in [2.75, 3.05) is 0 Å². The Bertz CT molecular complexity index is 710. The van der Waals surface area contributed by atoms with Gasteiger partial charge < -0.3 is 5.32 Å². The van der Waals surface area contributed by atoms with Crippen LogP contribution in [0.2, 0.25) is 0 Å². The molecule has 1 saturated carbocycles. The van der Waals surface area contributed by atoms with Crippen molar-refractivity contribution in [3.8, 4) is 0 Å². The molecule has 1 aliphatic carbocycles. The van der Waals surface area contributed by atoms with E-state index in [1.807, 2.05) is 30.3 Å². The van der Waals surface area contributed by atoms with Crippen LogP contribution in [0.15, 0.2) is 60.7 Å². The summed E-state index contributed by atoms with van der Waals surface area (Å²) in [6.07, 6.45) is 4.49. The van der Waals surface area contributed by atoms with Gasteiger partial charge in [0.1, 0.15) is 0 Å². The summed E-state index contributed by atoms with van der Waals surface area (Å²) in [5.74, 6) is 1.22. The molecule has 2 aromatic rings. The zero-order chi connectivity index (χ0) is 18.6. The fraction of sp³-hybridized carbons (Fsp3) is 0.458. The summed E-state index contributed by atoms with van der Waals surface area (Å²) in [6.45, 7) is 6.95. The van der Waals surface area contributed by atoms with Gasteiger partial charge in [-0.25, -0.2) is 0 Å². The number of hydrogen-bond acceptors (Lipinski definition) is 1. The molecule has 1 amide bonds. The molecule has 0 saturated heterocycles. The van der Waals surface area contributed by atoms with Crippen molar-refractivity contribution in [1.82, 2.24) is 5.32 Å². The highest BCUT2D eigenvalue weighted by Gasteiger charge is 2.45. The normalized spacial score (nSPS) is 25.8. The van der Waals surface area contributed by atoms with E-state index < -0.39 is 0 Å². The van der Waals surface area contributed by atoms with Crippen molar-refractivity contribution in [3.05, 3.63) is 71.8 Å². The van der Waals surface area contributed by atoms with Crippen LogP contribution in [0.5, 0.6) is 0 Å². The van der Waals surface area contributed by atoms with Gasteiger partial charge in [0.2, 0.25) is 0 Å². The van der Waals surface area contributed by atoms with Crippen LogP contribution in [0.3, 0.4) is 0 Å². The number of carbonyl (C=O) groups excluding carboxylic acids is 1. The van der Waals surface area contributed by atoms with Crippen molar-refractivity contribution < 1.29 is 4.79 Å². The summed E-state index contributed by atoms with van der Waals surface area (Å²) in [5.41, 5.74) is 2.23. The third-order valence-electron chi connectivity index (χ3n) is 6.30. The van der Waals surface area contributed by atoms with E-state index in [0.717, 1.165) is 18.4 Å². The van der Waals surface area contributed by atoms with Crippen molar-refractivity contribution in [2.24, 2.45) is 17.3 Å². The maximum atomic E-state index is 12.9. The fourth-order valence-electron chi connectivity index (χ4n) is 4.56. The van der Waals surface area contributed by atoms with Crippen molar-refractivity contribution in [3.63, 3.8) is 0 Å². The lowest BCUT2D eigenvalue weighted by atomic mass is 9.59. The first-order chi connectivity index (χ1) is 12.5. The predicted octanol–water partition coefficient (Wildman–Crippen LogP) is 5.49. The maximum Gasteiger partial charge on any atom is 0.251 e. The third kappa shape index (κ3) is 4.00. The second-order valence-electron chi connectivity index (χ2n) is 8.32. The average Bonchev–Trinajstić information content (AvgIpc) is 2.65. The minimum absolute atomic E-state index is 0.0581. The zero-order valence-electron chi connectivity index (χ0n) is 16.2. The summed E-state index contributed by atoms with van der Waals surface area (Å²) in [6, 6.07) is 20.6. The molecule has 0 aliphatic heterocycles. The van der Waals surface area contributed by atoms with E-state index in [-0.39, 0.29) is 17.4 Å². The lowest BCUT2D eigenvalue weighted by Crippen LogP contribution is -2.54. The van der Waals surface area contributed by atoms with Crippen LogP contribution in [-0.4, -0.2) is 11.9 Å². The van der Waals surface area contributed by atoms with Gasteiger partial charge >= 0.3 is 0 Å². The van der Waals surface area contributed by atoms with Gasteiger partial charge in [0.15, 0.2) is 0 Å². The van der Waals surface area contributed by atoms with Gasteiger partial charge in [-0.3, -0.25) is 4.79 Å². The summed E-state index contributed by atoms with van der Waals surface area (Å²) in [5, 5.41) is 3.42. The number of benzene rings is 2. The molecule has 0 aromatic heterocycles. The van der Waals surface area contributed by atoms with Crippen LogP contribution in [0.25, 0.3) is 0 Å². The minimum atomic E-state index is 0.0581. The van der Waals surface area contributed by atoms with Gasteiger partial charge in [-0.2, -0.15) is 0 Å². The second-order valence-corrected chi connectivity index (χ2v) is 8.32. The summed E-state index contributed by atoms with van der Waals surface area (Å²) >= 11 is 0. The third-order valence-corrected chi connectivity index (χ3v) is 6.30. The van der Waals surface area contributed by atoms with Gasteiger partial charge in [-0.15, -0.1) is 0 Å². The Kier molecular flexibility index (Phi) is 5.80. The highest BCUT2D eigenvalue weighted by Crippen LogP contribution is 2.47. The van der Waals surface area contributed by atoms with E-state index in [1.54, 1.807) is 0 Å². The molecule has 26 heavy (non-hydrogen) atoms. The first-order valence-electron chi connectivity index (χ1n) is 9.91. The highest BCUT2D eigenvalue weighted by molar-refractivity contribution is 5.94. The lowest BCUT2D eigenvalue weighted by Gasteiger charge is -2.49. The topological polar surface area (TPSA) is 29.1 Å². The molecule has 0 spiro atoms. The van der Waals surface area contributed by atoms with Crippen molar-refractivity contribution in [2.45, 2.75) is 52.5 Å². The lowest BCUT2D eigenvalue weighted by molar-refractivity contribution is 0.0422. The molecule has 0 radical (unpaired) electrons. The molecule has 2 nitrogen and oxygen atoms in total. The smallest absolute Gasteiger partial charge is 0.251 e. The molecule has 1 N–H and O–H groups in total. The van der Waals surface area contributed by atoms with Crippen LogP contribution in [-0.2, 0) is 6.42 Å². The van der Waals surface area contributed by atoms with E-state index in [1.165, 1.54) is 18.4 Å². The highest BCUT2D eigenvalue weighted by atomic mass is 16.1. The van der Waals surface area contributed by atoms with E-state index in [9.17, 15) is 4.79 Å². The van der Waals surface area contributed by atoms with E-state index in [4.69, 9.17) is 0 Å². The van der Waals surface area contributed by atoms with Crippen LogP contribution >= 0.6 is 0 Å².